The molecule has 8 unspecified atom stereocenters. The molecule has 9 aliphatic heterocycles. The fraction of sp³-hybridized carbons (Fsp3) is 0.250. The van der Waals surface area contributed by atoms with Crippen molar-refractivity contribution in [2.24, 2.45) is 11.8 Å². The molecule has 8 atom stereocenters. The van der Waals surface area contributed by atoms with Crippen LogP contribution in [0.1, 0.15) is 24.0 Å². The standard InChI is InChI=1S/C48H30B2N4/c1-5-23-15-27-9-10-28-17-25-7-3-21-14-22-4-8-26-18-30-12-11-29-16-24-6-2-20-13-19(1)31-37(23)51-41(27)42(28)53-39(25)33(21)50-34(22)40(26)54-44(30)43(29)52-38(24)32(20)49(31)35-45(51)47(53)36(50)48(54)46(35)52/h1-12,15,17,20,24,32,34,38,40,43-44H,13-14,16,18H2. The van der Waals surface area contributed by atoms with E-state index < -0.39 is 0 Å². The Morgan fingerprint density at radius 1 is 0.481 bits per heavy atom. The fourth-order valence-corrected chi connectivity index (χ4v) is 16.7. The molecule has 0 amide bonds. The van der Waals surface area contributed by atoms with Crippen LogP contribution >= 0.6 is 0 Å². The summed E-state index contributed by atoms with van der Waals surface area (Å²) >= 11 is 0. The summed E-state index contributed by atoms with van der Waals surface area (Å²) in [5.74, 6) is 2.26. The molecule has 0 radical (unpaired) electrons. The zero-order valence-electron chi connectivity index (χ0n) is 29.5. The van der Waals surface area contributed by atoms with Gasteiger partial charge in [0.15, 0.2) is 0 Å². The molecule has 2 saturated heterocycles. The zero-order valence-corrected chi connectivity index (χ0v) is 29.5. The van der Waals surface area contributed by atoms with E-state index in [1.54, 1.807) is 77.7 Å². The molecule has 12 heterocycles. The first-order chi connectivity index (χ1) is 26.8. The van der Waals surface area contributed by atoms with Crippen LogP contribution in [0, 0.1) is 11.8 Å². The Morgan fingerprint density at radius 2 is 1.09 bits per heavy atom. The van der Waals surface area contributed by atoms with Gasteiger partial charge in [-0.05, 0) is 110 Å². The topological polar surface area (TPSA) is 15.3 Å². The van der Waals surface area contributed by atoms with Crippen molar-refractivity contribution in [1.82, 2.24) is 8.80 Å². The Morgan fingerprint density at radius 3 is 1.91 bits per heavy atom. The van der Waals surface area contributed by atoms with Crippen LogP contribution in [0.15, 0.2) is 107 Å². The van der Waals surface area contributed by atoms with E-state index in [1.807, 2.05) is 0 Å². The predicted molar refractivity (Wildman–Crippen MR) is 221 cm³/mol. The molecule has 0 saturated carbocycles. The lowest BCUT2D eigenvalue weighted by molar-refractivity contribution is 0.281. The van der Waals surface area contributed by atoms with Crippen LogP contribution in [0.5, 0.6) is 0 Å². The third-order valence-corrected chi connectivity index (χ3v) is 17.9. The van der Waals surface area contributed by atoms with E-state index in [9.17, 15) is 0 Å². The summed E-state index contributed by atoms with van der Waals surface area (Å²) in [7, 11) is 0. The van der Waals surface area contributed by atoms with Gasteiger partial charge in [-0.3, -0.25) is 0 Å². The molecule has 0 spiro atoms. The second-order valence-electron chi connectivity index (χ2n) is 19.4. The van der Waals surface area contributed by atoms with Gasteiger partial charge in [0.2, 0.25) is 13.4 Å². The van der Waals surface area contributed by atoms with Crippen molar-refractivity contribution in [3.63, 3.8) is 0 Å². The minimum absolute atomic E-state index is 0.385. The summed E-state index contributed by atoms with van der Waals surface area (Å²) in [5.41, 5.74) is 29.0. The summed E-state index contributed by atoms with van der Waals surface area (Å²) in [6.45, 7) is 0.815. The maximum Gasteiger partial charge on any atom is 0.227 e. The van der Waals surface area contributed by atoms with Gasteiger partial charge in [-0.25, -0.2) is 0 Å². The summed E-state index contributed by atoms with van der Waals surface area (Å²) in [4.78, 5) is 6.30. The average Bonchev–Trinajstić information content (AvgIpc) is 3.21. The van der Waals surface area contributed by atoms with Gasteiger partial charge in [-0.1, -0.05) is 84.0 Å². The van der Waals surface area contributed by atoms with Crippen LogP contribution in [-0.2, 0) is 12.8 Å². The van der Waals surface area contributed by atoms with Crippen LogP contribution in [0.3, 0.4) is 0 Å². The maximum atomic E-state index is 3.17. The number of allylic oxidation sites excluding steroid dienone is 5. The summed E-state index contributed by atoms with van der Waals surface area (Å²) < 4.78 is 5.76. The van der Waals surface area contributed by atoms with Gasteiger partial charge < -0.3 is 18.6 Å². The van der Waals surface area contributed by atoms with E-state index in [4.69, 9.17) is 0 Å². The first-order valence-corrected chi connectivity index (χ1v) is 20.9. The summed E-state index contributed by atoms with van der Waals surface area (Å²) in [6.07, 6.45) is 20.4. The summed E-state index contributed by atoms with van der Waals surface area (Å²) in [6, 6.07) is 21.9. The van der Waals surface area contributed by atoms with Gasteiger partial charge in [0, 0.05) is 33.8 Å². The van der Waals surface area contributed by atoms with E-state index >= 15 is 0 Å². The Balaban J connectivity index is 1.19. The monoisotopic (exact) mass is 684 g/mol. The zero-order chi connectivity index (χ0) is 33.5. The first kappa shape index (κ1) is 24.9. The molecule has 54 heavy (non-hydrogen) atoms. The van der Waals surface area contributed by atoms with Crippen LogP contribution in [0.2, 0.25) is 11.6 Å². The van der Waals surface area contributed by atoms with Gasteiger partial charge in [-0.2, -0.15) is 0 Å². The smallest absolute Gasteiger partial charge is 0.227 e. The van der Waals surface area contributed by atoms with Crippen molar-refractivity contribution in [3.8, 4) is 0 Å². The molecule has 0 bridgehead atoms. The summed E-state index contributed by atoms with van der Waals surface area (Å²) in [5, 5.41) is 5.61. The number of piperidine rings is 2. The van der Waals surface area contributed by atoms with Crippen molar-refractivity contribution >= 4 is 101 Å². The second kappa shape index (κ2) is 7.12. The molecular weight excluding hydrogens is 654 g/mol. The van der Waals surface area contributed by atoms with Gasteiger partial charge in [0.1, 0.15) is 0 Å². The lowest BCUT2D eigenvalue weighted by Gasteiger charge is -2.70. The van der Waals surface area contributed by atoms with Gasteiger partial charge in [0.25, 0.3) is 0 Å². The maximum absolute atomic E-state index is 3.17. The van der Waals surface area contributed by atoms with Gasteiger partial charge >= 0.3 is 0 Å². The highest BCUT2D eigenvalue weighted by atomic mass is 15.4. The molecule has 0 N–H and O–H groups in total. The lowest BCUT2D eigenvalue weighted by atomic mass is 9.22. The van der Waals surface area contributed by atoms with Gasteiger partial charge in [-0.15, -0.1) is 0 Å². The Hall–Kier alpha value is -5.35. The second-order valence-corrected chi connectivity index (χ2v) is 19.4. The van der Waals surface area contributed by atoms with E-state index in [1.165, 1.54) is 56.5 Å². The number of rotatable bonds is 0. The number of hydrogen-bond donors (Lipinski definition) is 0. The first-order valence-electron chi connectivity index (χ1n) is 20.9. The van der Waals surface area contributed by atoms with Crippen molar-refractivity contribution in [2.45, 2.75) is 61.5 Å². The van der Waals surface area contributed by atoms with E-state index in [0.29, 0.717) is 61.1 Å². The highest BCUT2D eigenvalue weighted by Crippen LogP contribution is 2.64. The Bertz CT molecular complexity index is 3490. The van der Waals surface area contributed by atoms with E-state index in [0.717, 1.165) is 12.8 Å². The number of hydrogen-bond acceptors (Lipinski definition) is 2. The van der Waals surface area contributed by atoms with E-state index in [2.05, 4.69) is 104 Å². The van der Waals surface area contributed by atoms with E-state index in [-0.39, 0.29) is 0 Å². The van der Waals surface area contributed by atoms with Crippen LogP contribution in [-0.4, -0.2) is 46.4 Å². The molecule has 248 valence electrons. The molecular formula is C48H30B2N4. The van der Waals surface area contributed by atoms with Crippen molar-refractivity contribution < 1.29 is 0 Å². The number of nitrogens with zero attached hydrogens (tertiary/aromatic N) is 4. The highest BCUT2D eigenvalue weighted by Gasteiger charge is 2.67. The molecule has 2 fully saturated rings. The lowest BCUT2D eigenvalue weighted by Crippen LogP contribution is -2.79. The fourth-order valence-electron chi connectivity index (χ4n) is 16.7. The van der Waals surface area contributed by atoms with Crippen LogP contribution < -0.4 is 31.7 Å². The van der Waals surface area contributed by atoms with Crippen molar-refractivity contribution in [1.29, 1.82) is 0 Å². The molecule has 3 aliphatic carbocycles. The molecule has 6 heteroatoms. The minimum atomic E-state index is 0.385. The predicted octanol–water partition coefficient (Wildman–Crippen LogP) is 5.97. The Kier molecular flexibility index (Phi) is 3.28. The number of anilines is 2. The quantitative estimate of drug-likeness (QED) is 0.0847. The van der Waals surface area contributed by atoms with Crippen molar-refractivity contribution in [3.05, 3.63) is 118 Å². The SMILES string of the molecule is C1=CC2CC3=CC=C4CC5=CC=C6Cc7ccc8cc9ccc%10cc%11ccc%12c%13c%11n%11c%14c%15c%16c%17c%18c%14n(c8c7B%18C6C5N%17C4C3N%16C2C(B%13%15)C1C%12)c9c%10%11. The molecule has 19 rings (SSSR count). The third kappa shape index (κ3) is 2.07. The minimum Gasteiger partial charge on any atom is -0.358 e. The molecule has 7 aromatic rings. The molecule has 4 nitrogen and oxygen atoms in total. The molecule has 12 aliphatic rings. The number of pyridine rings is 2. The van der Waals surface area contributed by atoms with Crippen LogP contribution in [0.25, 0.3) is 54.6 Å². The Labute approximate surface area is 310 Å². The van der Waals surface area contributed by atoms with Gasteiger partial charge in [0.05, 0.1) is 51.6 Å². The molecule has 4 aromatic carbocycles. The number of aromatic nitrogens is 2. The normalized spacial score (nSPS) is 32.7. The highest BCUT2D eigenvalue weighted by molar-refractivity contribution is 6.96. The van der Waals surface area contributed by atoms with Crippen molar-refractivity contribution in [2.75, 3.05) is 9.80 Å². The number of benzene rings is 4. The third-order valence-electron chi connectivity index (χ3n) is 17.9. The molecule has 3 aromatic heterocycles. The average molecular weight is 684 g/mol. The largest absolute Gasteiger partial charge is 0.358 e. The van der Waals surface area contributed by atoms with Crippen LogP contribution in [0.4, 0.5) is 11.4 Å².